The Kier molecular flexibility index (Phi) is 2.88. The van der Waals surface area contributed by atoms with Crippen molar-refractivity contribution >= 4 is 17.4 Å². The predicted octanol–water partition coefficient (Wildman–Crippen LogP) is 3.72. The highest BCUT2D eigenvalue weighted by Crippen LogP contribution is 2.49. The Labute approximate surface area is 111 Å². The second-order valence-electron chi connectivity index (χ2n) is 4.58. The number of carbonyl (C=O) groups is 1. The van der Waals surface area contributed by atoms with Gasteiger partial charge < -0.3 is 0 Å². The number of Topliss-reactive ketones (excluding diaryl/α,β-unsaturated/α-hetero) is 1. The SMILES string of the molecule is O=C(c1ccncc1Cl)C1CC1c1ccccc1. The van der Waals surface area contributed by atoms with Gasteiger partial charge in [0.2, 0.25) is 0 Å². The summed E-state index contributed by atoms with van der Waals surface area (Å²) in [4.78, 5) is 16.2. The van der Waals surface area contributed by atoms with Crippen molar-refractivity contribution < 1.29 is 4.79 Å². The number of halogens is 1. The lowest BCUT2D eigenvalue weighted by Crippen LogP contribution is -2.04. The molecular formula is C15H12ClNO. The van der Waals surface area contributed by atoms with Crippen LogP contribution >= 0.6 is 11.6 Å². The lowest BCUT2D eigenvalue weighted by Gasteiger charge is -2.02. The zero-order valence-electron chi connectivity index (χ0n) is 9.71. The molecule has 1 fully saturated rings. The average molecular weight is 258 g/mol. The normalized spacial score (nSPS) is 21.6. The molecule has 90 valence electrons. The van der Waals surface area contributed by atoms with Crippen molar-refractivity contribution in [3.8, 4) is 0 Å². The Hall–Kier alpha value is -1.67. The van der Waals surface area contributed by atoms with E-state index < -0.39 is 0 Å². The van der Waals surface area contributed by atoms with E-state index in [1.807, 2.05) is 18.2 Å². The fraction of sp³-hybridized carbons (Fsp3) is 0.200. The summed E-state index contributed by atoms with van der Waals surface area (Å²) in [6.07, 6.45) is 4.05. The topological polar surface area (TPSA) is 30.0 Å². The standard InChI is InChI=1S/C15H12ClNO/c16-14-9-17-7-6-11(14)15(18)13-8-12(13)10-4-2-1-3-5-10/h1-7,9,12-13H,8H2. The fourth-order valence-electron chi connectivity index (χ4n) is 2.33. The van der Waals surface area contributed by atoms with E-state index in [2.05, 4.69) is 17.1 Å². The first-order valence-electron chi connectivity index (χ1n) is 5.96. The molecule has 0 aliphatic heterocycles. The summed E-state index contributed by atoms with van der Waals surface area (Å²) in [6, 6.07) is 11.9. The molecular weight excluding hydrogens is 246 g/mol. The third-order valence-electron chi connectivity index (χ3n) is 3.39. The van der Waals surface area contributed by atoms with Gasteiger partial charge in [-0.2, -0.15) is 0 Å². The van der Waals surface area contributed by atoms with Crippen LogP contribution in [-0.2, 0) is 0 Å². The minimum atomic E-state index is 0.0762. The van der Waals surface area contributed by atoms with E-state index in [9.17, 15) is 4.79 Å². The maximum Gasteiger partial charge on any atom is 0.168 e. The van der Waals surface area contributed by atoms with Crippen molar-refractivity contribution in [2.75, 3.05) is 0 Å². The number of ketones is 1. The molecule has 1 heterocycles. The van der Waals surface area contributed by atoms with E-state index in [0.717, 1.165) is 6.42 Å². The molecule has 2 aromatic rings. The zero-order valence-corrected chi connectivity index (χ0v) is 10.5. The number of pyridine rings is 1. The Morgan fingerprint density at radius 3 is 2.72 bits per heavy atom. The van der Waals surface area contributed by atoms with Crippen LogP contribution in [0.4, 0.5) is 0 Å². The average Bonchev–Trinajstić information content (AvgIpc) is 3.20. The zero-order chi connectivity index (χ0) is 12.5. The van der Waals surface area contributed by atoms with Gasteiger partial charge in [0.1, 0.15) is 0 Å². The summed E-state index contributed by atoms with van der Waals surface area (Å²) in [7, 11) is 0. The highest BCUT2D eigenvalue weighted by Gasteiger charge is 2.44. The first-order valence-corrected chi connectivity index (χ1v) is 6.34. The molecule has 1 aromatic carbocycles. The van der Waals surface area contributed by atoms with E-state index in [1.165, 1.54) is 11.8 Å². The highest BCUT2D eigenvalue weighted by atomic mass is 35.5. The van der Waals surface area contributed by atoms with E-state index in [0.29, 0.717) is 16.5 Å². The van der Waals surface area contributed by atoms with Gasteiger partial charge in [-0.15, -0.1) is 0 Å². The van der Waals surface area contributed by atoms with Crippen LogP contribution in [0.5, 0.6) is 0 Å². The predicted molar refractivity (Wildman–Crippen MR) is 70.9 cm³/mol. The summed E-state index contributed by atoms with van der Waals surface area (Å²) in [5.74, 6) is 0.562. The van der Waals surface area contributed by atoms with Gasteiger partial charge in [-0.25, -0.2) is 0 Å². The van der Waals surface area contributed by atoms with Crippen LogP contribution in [0.15, 0.2) is 48.8 Å². The van der Waals surface area contributed by atoms with Gasteiger partial charge in [0.15, 0.2) is 5.78 Å². The van der Waals surface area contributed by atoms with Crippen LogP contribution in [0.1, 0.15) is 28.3 Å². The van der Waals surface area contributed by atoms with Crippen molar-refractivity contribution in [1.29, 1.82) is 0 Å². The Morgan fingerprint density at radius 2 is 2.00 bits per heavy atom. The van der Waals surface area contributed by atoms with Gasteiger partial charge >= 0.3 is 0 Å². The van der Waals surface area contributed by atoms with Crippen LogP contribution in [-0.4, -0.2) is 10.8 Å². The Bertz CT molecular complexity index is 582. The molecule has 1 aliphatic carbocycles. The quantitative estimate of drug-likeness (QED) is 0.785. The molecule has 0 saturated heterocycles. The summed E-state index contributed by atoms with van der Waals surface area (Å²) in [5, 5.41) is 0.446. The van der Waals surface area contributed by atoms with E-state index in [1.54, 1.807) is 12.3 Å². The monoisotopic (exact) mass is 257 g/mol. The maximum absolute atomic E-state index is 12.3. The molecule has 2 nitrogen and oxygen atoms in total. The van der Waals surface area contributed by atoms with E-state index >= 15 is 0 Å². The largest absolute Gasteiger partial charge is 0.294 e. The minimum absolute atomic E-state index is 0.0762. The van der Waals surface area contributed by atoms with Crippen molar-refractivity contribution in [2.24, 2.45) is 5.92 Å². The second kappa shape index (κ2) is 4.54. The number of carbonyl (C=O) groups excluding carboxylic acids is 1. The van der Waals surface area contributed by atoms with Gasteiger partial charge in [-0.1, -0.05) is 41.9 Å². The molecule has 0 bridgehead atoms. The molecule has 0 N–H and O–H groups in total. The van der Waals surface area contributed by atoms with Gasteiger partial charge in [-0.05, 0) is 24.0 Å². The maximum atomic E-state index is 12.3. The lowest BCUT2D eigenvalue weighted by atomic mass is 10.0. The summed E-state index contributed by atoms with van der Waals surface area (Å²) < 4.78 is 0. The smallest absolute Gasteiger partial charge is 0.168 e. The first-order chi connectivity index (χ1) is 8.77. The number of aromatic nitrogens is 1. The molecule has 2 atom stereocenters. The van der Waals surface area contributed by atoms with Crippen molar-refractivity contribution in [3.63, 3.8) is 0 Å². The van der Waals surface area contributed by atoms with Gasteiger partial charge in [0.05, 0.1) is 5.02 Å². The Balaban J connectivity index is 1.80. The second-order valence-corrected chi connectivity index (χ2v) is 4.99. The van der Waals surface area contributed by atoms with Gasteiger partial charge in [0, 0.05) is 23.9 Å². The summed E-state index contributed by atoms with van der Waals surface area (Å²) in [6.45, 7) is 0. The lowest BCUT2D eigenvalue weighted by molar-refractivity contribution is 0.0965. The number of benzene rings is 1. The summed E-state index contributed by atoms with van der Waals surface area (Å²) in [5.41, 5.74) is 1.83. The van der Waals surface area contributed by atoms with Gasteiger partial charge in [-0.3, -0.25) is 9.78 Å². The number of hydrogen-bond acceptors (Lipinski definition) is 2. The van der Waals surface area contributed by atoms with Crippen LogP contribution < -0.4 is 0 Å². The van der Waals surface area contributed by atoms with Crippen molar-refractivity contribution in [1.82, 2.24) is 4.98 Å². The number of rotatable bonds is 3. The van der Waals surface area contributed by atoms with Crippen LogP contribution in [0.3, 0.4) is 0 Å². The number of nitrogens with zero attached hydrogens (tertiary/aromatic N) is 1. The fourth-order valence-corrected chi connectivity index (χ4v) is 2.54. The molecule has 3 heteroatoms. The molecule has 3 rings (SSSR count). The minimum Gasteiger partial charge on any atom is -0.294 e. The molecule has 0 spiro atoms. The number of hydrogen-bond donors (Lipinski definition) is 0. The highest BCUT2D eigenvalue weighted by molar-refractivity contribution is 6.34. The van der Waals surface area contributed by atoms with Crippen LogP contribution in [0.2, 0.25) is 5.02 Å². The van der Waals surface area contributed by atoms with Crippen molar-refractivity contribution in [3.05, 3.63) is 64.9 Å². The van der Waals surface area contributed by atoms with Crippen LogP contribution in [0, 0.1) is 5.92 Å². The molecule has 1 aliphatic rings. The van der Waals surface area contributed by atoms with Crippen molar-refractivity contribution in [2.45, 2.75) is 12.3 Å². The molecule has 0 radical (unpaired) electrons. The van der Waals surface area contributed by atoms with E-state index in [4.69, 9.17) is 11.6 Å². The van der Waals surface area contributed by atoms with Gasteiger partial charge in [0.25, 0.3) is 0 Å². The van der Waals surface area contributed by atoms with Crippen LogP contribution in [0.25, 0.3) is 0 Å². The molecule has 1 saturated carbocycles. The third-order valence-corrected chi connectivity index (χ3v) is 3.69. The molecule has 18 heavy (non-hydrogen) atoms. The Morgan fingerprint density at radius 1 is 1.22 bits per heavy atom. The summed E-state index contributed by atoms with van der Waals surface area (Å²) >= 11 is 6.00. The first kappa shape index (κ1) is 11.4. The molecule has 2 unspecified atom stereocenters. The third kappa shape index (κ3) is 2.04. The molecule has 0 amide bonds. The van der Waals surface area contributed by atoms with E-state index in [-0.39, 0.29) is 11.7 Å². The molecule has 1 aromatic heterocycles.